The van der Waals surface area contributed by atoms with E-state index >= 15 is 0 Å². The van der Waals surface area contributed by atoms with Crippen molar-refractivity contribution >= 4 is 17.4 Å². The van der Waals surface area contributed by atoms with E-state index in [-0.39, 0.29) is 18.1 Å². The molecule has 0 bridgehead atoms. The summed E-state index contributed by atoms with van der Waals surface area (Å²) in [5.41, 5.74) is 4.46. The summed E-state index contributed by atoms with van der Waals surface area (Å²) in [5.74, 6) is 0.184. The van der Waals surface area contributed by atoms with Gasteiger partial charge in [0, 0.05) is 6.54 Å². The molecular formula is C15H18N6O5. The fraction of sp³-hybridized carbons (Fsp3) is 0.467. The number of nitrogens with two attached hydrogens (primary N) is 1. The first-order valence-corrected chi connectivity index (χ1v) is 7.89. The number of anilines is 1. The monoisotopic (exact) mass is 362 g/mol. The maximum atomic E-state index is 11.4. The number of aromatic nitrogens is 3. The maximum absolute atomic E-state index is 11.4. The summed E-state index contributed by atoms with van der Waals surface area (Å²) >= 11 is 0. The third-order valence-electron chi connectivity index (χ3n) is 4.19. The Labute approximate surface area is 147 Å². The summed E-state index contributed by atoms with van der Waals surface area (Å²) in [4.78, 5) is 15.3. The van der Waals surface area contributed by atoms with Crippen LogP contribution in [-0.2, 0) is 15.1 Å². The zero-order chi connectivity index (χ0) is 18.9. The topological polar surface area (TPSA) is 168 Å². The van der Waals surface area contributed by atoms with Crippen molar-refractivity contribution in [1.29, 1.82) is 5.26 Å². The van der Waals surface area contributed by atoms with Gasteiger partial charge in [0.15, 0.2) is 5.82 Å². The highest BCUT2D eigenvalue weighted by Crippen LogP contribution is 2.40. The number of ether oxygens (including phenoxy) is 2. The normalized spacial score (nSPS) is 28.0. The number of carbonyl (C=O) groups excluding carboxylic acids is 1. The molecule has 2 aromatic rings. The molecule has 5 N–H and O–H groups in total. The molecule has 1 saturated heterocycles. The molecule has 0 aromatic carbocycles. The first kappa shape index (κ1) is 17.9. The van der Waals surface area contributed by atoms with Gasteiger partial charge in [-0.15, -0.1) is 0 Å². The number of nitrogen functional groups attached to an aromatic ring is 1. The summed E-state index contributed by atoms with van der Waals surface area (Å²) in [6.45, 7) is 1.75. The smallest absolute Gasteiger partial charge is 0.407 e. The van der Waals surface area contributed by atoms with Crippen molar-refractivity contribution in [3.63, 3.8) is 0 Å². The molecule has 1 aliphatic heterocycles. The summed E-state index contributed by atoms with van der Waals surface area (Å²) < 4.78 is 11.9. The van der Waals surface area contributed by atoms with E-state index in [0.29, 0.717) is 12.1 Å². The number of alkyl carbamates (subject to hydrolysis) is 1. The Bertz CT molecular complexity index is 864. The SMILES string of the molecule is CCNC(=O)OC[C@H]1O[C@@](C#N)(c2ccc3c(N)ncnn23)[C@H](O)[C@@H]1O. The Morgan fingerprint density at radius 3 is 3.04 bits per heavy atom. The van der Waals surface area contributed by atoms with Crippen molar-refractivity contribution in [3.05, 3.63) is 24.2 Å². The Morgan fingerprint density at radius 1 is 1.58 bits per heavy atom. The van der Waals surface area contributed by atoms with Crippen molar-refractivity contribution in [2.24, 2.45) is 0 Å². The number of aliphatic hydroxyl groups is 2. The fourth-order valence-corrected chi connectivity index (χ4v) is 2.90. The molecule has 3 rings (SSSR count). The van der Waals surface area contributed by atoms with Crippen LogP contribution in [0.5, 0.6) is 0 Å². The lowest BCUT2D eigenvalue weighted by Gasteiger charge is -2.24. The molecule has 2 aromatic heterocycles. The molecule has 3 heterocycles. The van der Waals surface area contributed by atoms with Gasteiger partial charge in [0.25, 0.3) is 0 Å². The van der Waals surface area contributed by atoms with Crippen LogP contribution in [0.3, 0.4) is 0 Å². The minimum absolute atomic E-state index is 0.177. The molecule has 1 fully saturated rings. The van der Waals surface area contributed by atoms with Crippen LogP contribution in [0, 0.1) is 11.3 Å². The fourth-order valence-electron chi connectivity index (χ4n) is 2.90. The van der Waals surface area contributed by atoms with Crippen LogP contribution in [0.4, 0.5) is 10.6 Å². The van der Waals surface area contributed by atoms with E-state index in [1.54, 1.807) is 13.0 Å². The molecule has 0 radical (unpaired) electrons. The number of carbonyl (C=O) groups is 1. The number of fused-ring (bicyclic) bond motifs is 1. The van der Waals surface area contributed by atoms with Crippen molar-refractivity contribution in [1.82, 2.24) is 19.9 Å². The number of nitriles is 1. The number of hydrogen-bond acceptors (Lipinski definition) is 9. The number of hydrogen-bond donors (Lipinski definition) is 4. The van der Waals surface area contributed by atoms with E-state index < -0.39 is 30.0 Å². The van der Waals surface area contributed by atoms with E-state index in [2.05, 4.69) is 15.4 Å². The molecule has 26 heavy (non-hydrogen) atoms. The van der Waals surface area contributed by atoms with Crippen LogP contribution in [0.1, 0.15) is 12.6 Å². The molecule has 1 aliphatic rings. The number of nitrogens with one attached hydrogen (secondary N) is 1. The zero-order valence-corrected chi connectivity index (χ0v) is 13.9. The summed E-state index contributed by atoms with van der Waals surface area (Å²) in [5, 5.41) is 37.0. The first-order chi connectivity index (χ1) is 12.4. The van der Waals surface area contributed by atoms with Crippen molar-refractivity contribution in [2.45, 2.75) is 30.8 Å². The second-order valence-electron chi connectivity index (χ2n) is 5.73. The molecule has 138 valence electrons. The molecule has 0 unspecified atom stereocenters. The second-order valence-corrected chi connectivity index (χ2v) is 5.73. The summed E-state index contributed by atoms with van der Waals surface area (Å²) in [6.07, 6.45) is -3.64. The zero-order valence-electron chi connectivity index (χ0n) is 13.9. The molecule has 0 saturated carbocycles. The number of rotatable bonds is 4. The number of aliphatic hydroxyl groups excluding tert-OH is 2. The van der Waals surface area contributed by atoms with E-state index in [4.69, 9.17) is 15.2 Å². The van der Waals surface area contributed by atoms with Gasteiger partial charge in [-0.2, -0.15) is 10.4 Å². The van der Waals surface area contributed by atoms with Crippen LogP contribution in [-0.4, -0.2) is 62.4 Å². The second kappa shape index (κ2) is 6.75. The van der Waals surface area contributed by atoms with Crippen molar-refractivity contribution in [3.8, 4) is 6.07 Å². The minimum atomic E-state index is -1.91. The van der Waals surface area contributed by atoms with E-state index in [1.807, 2.05) is 6.07 Å². The van der Waals surface area contributed by atoms with E-state index in [9.17, 15) is 20.3 Å². The Balaban J connectivity index is 1.92. The summed E-state index contributed by atoms with van der Waals surface area (Å²) in [7, 11) is 0. The quantitative estimate of drug-likeness (QED) is 0.527. The Morgan fingerprint density at radius 2 is 2.35 bits per heavy atom. The molecule has 1 amide bonds. The maximum Gasteiger partial charge on any atom is 0.407 e. The van der Waals surface area contributed by atoms with Gasteiger partial charge in [0.1, 0.15) is 42.8 Å². The Kier molecular flexibility index (Phi) is 4.64. The third-order valence-corrected chi connectivity index (χ3v) is 4.19. The molecule has 11 heteroatoms. The van der Waals surface area contributed by atoms with Gasteiger partial charge in [-0.25, -0.2) is 14.3 Å². The van der Waals surface area contributed by atoms with Crippen LogP contribution >= 0.6 is 0 Å². The highest BCUT2D eigenvalue weighted by atomic mass is 16.6. The predicted octanol–water partition coefficient (Wildman–Crippen LogP) is -1.10. The van der Waals surface area contributed by atoms with Crippen molar-refractivity contribution in [2.75, 3.05) is 18.9 Å². The lowest BCUT2D eigenvalue weighted by atomic mass is 9.92. The lowest BCUT2D eigenvalue weighted by molar-refractivity contribution is -0.0658. The van der Waals surface area contributed by atoms with Gasteiger partial charge in [-0.1, -0.05) is 0 Å². The van der Waals surface area contributed by atoms with Gasteiger partial charge < -0.3 is 30.7 Å². The lowest BCUT2D eigenvalue weighted by Crippen LogP contribution is -2.41. The molecule has 0 spiro atoms. The van der Waals surface area contributed by atoms with Gasteiger partial charge in [-0.05, 0) is 19.1 Å². The minimum Gasteiger partial charge on any atom is -0.447 e. The Hall–Kier alpha value is -2.94. The van der Waals surface area contributed by atoms with Crippen molar-refractivity contribution < 1.29 is 24.5 Å². The highest BCUT2D eigenvalue weighted by Gasteiger charge is 2.57. The average molecular weight is 362 g/mol. The predicted molar refractivity (Wildman–Crippen MR) is 86.6 cm³/mol. The average Bonchev–Trinajstić information content (AvgIpc) is 3.16. The van der Waals surface area contributed by atoms with Gasteiger partial charge in [-0.3, -0.25) is 0 Å². The van der Waals surface area contributed by atoms with E-state index in [0.717, 1.165) is 0 Å². The molecule has 0 aliphatic carbocycles. The van der Waals surface area contributed by atoms with Gasteiger partial charge in [0.05, 0.1) is 5.69 Å². The standard InChI is InChI=1S/C15H18N6O5/c1-2-18-14(24)25-5-9-11(22)12(23)15(6-16,26-9)10-4-3-8-13(17)19-7-20-21(8)10/h3-4,7,9,11-12,22-23H,2,5H2,1H3,(H,18,24)(H2,17,19,20)/t9-,11-,12-,15+/m1/s1. The van der Waals surface area contributed by atoms with Gasteiger partial charge in [0.2, 0.25) is 5.60 Å². The number of nitrogens with zero attached hydrogens (tertiary/aromatic N) is 4. The highest BCUT2D eigenvalue weighted by molar-refractivity contribution is 5.67. The van der Waals surface area contributed by atoms with Crippen LogP contribution in [0.2, 0.25) is 0 Å². The summed E-state index contributed by atoms with van der Waals surface area (Å²) in [6, 6.07) is 4.98. The molecule has 4 atom stereocenters. The first-order valence-electron chi connectivity index (χ1n) is 7.89. The molecular weight excluding hydrogens is 344 g/mol. The largest absolute Gasteiger partial charge is 0.447 e. The number of amides is 1. The van der Waals surface area contributed by atoms with Crippen LogP contribution in [0.25, 0.3) is 5.52 Å². The van der Waals surface area contributed by atoms with Crippen LogP contribution < -0.4 is 11.1 Å². The van der Waals surface area contributed by atoms with E-state index in [1.165, 1.54) is 16.9 Å². The van der Waals surface area contributed by atoms with Crippen LogP contribution in [0.15, 0.2) is 18.5 Å². The molecule has 11 nitrogen and oxygen atoms in total. The third kappa shape index (κ3) is 2.70. The van der Waals surface area contributed by atoms with Gasteiger partial charge >= 0.3 is 6.09 Å².